The van der Waals surface area contributed by atoms with E-state index in [1.54, 1.807) is 46.0 Å². The Bertz CT molecular complexity index is 961. The van der Waals surface area contributed by atoms with Gasteiger partial charge in [-0.3, -0.25) is 4.79 Å². The minimum absolute atomic E-state index is 0.0158. The van der Waals surface area contributed by atoms with E-state index in [4.69, 9.17) is 0 Å². The summed E-state index contributed by atoms with van der Waals surface area (Å²) in [4.78, 5) is 14.3. The Morgan fingerprint density at radius 3 is 2.31 bits per heavy atom. The van der Waals surface area contributed by atoms with E-state index >= 15 is 0 Å². The largest absolute Gasteiger partial charge is 0.435 e. The zero-order valence-corrected chi connectivity index (χ0v) is 17.5. The van der Waals surface area contributed by atoms with Crippen LogP contribution in [0.4, 0.5) is 8.78 Å². The molecule has 0 bridgehead atoms. The van der Waals surface area contributed by atoms with Crippen LogP contribution in [0.5, 0.6) is 5.75 Å². The first-order chi connectivity index (χ1) is 13.5. The molecule has 0 saturated carbocycles. The number of nitrogens with zero attached hydrogens (tertiary/aromatic N) is 1. The molecule has 0 radical (unpaired) electrons. The zero-order valence-electron chi connectivity index (χ0n) is 16.6. The molecule has 0 aliphatic carbocycles. The van der Waals surface area contributed by atoms with Crippen molar-refractivity contribution in [2.45, 2.75) is 44.9 Å². The Labute approximate surface area is 169 Å². The van der Waals surface area contributed by atoms with Crippen LogP contribution >= 0.6 is 0 Å². The number of halogens is 2. The van der Waals surface area contributed by atoms with Gasteiger partial charge in [-0.15, -0.1) is 0 Å². The molecule has 0 fully saturated rings. The van der Waals surface area contributed by atoms with Crippen LogP contribution in [0.25, 0.3) is 0 Å². The van der Waals surface area contributed by atoms with Crippen molar-refractivity contribution in [3.8, 4) is 5.75 Å². The third kappa shape index (κ3) is 6.23. The number of alkyl halides is 2. The van der Waals surface area contributed by atoms with Crippen molar-refractivity contribution in [2.24, 2.45) is 0 Å². The van der Waals surface area contributed by atoms with Crippen molar-refractivity contribution < 1.29 is 26.7 Å². The lowest BCUT2D eigenvalue weighted by Crippen LogP contribution is -2.31. The lowest BCUT2D eigenvalue weighted by Gasteiger charge is -2.19. The predicted molar refractivity (Wildman–Crippen MR) is 106 cm³/mol. The molecule has 0 heterocycles. The summed E-state index contributed by atoms with van der Waals surface area (Å²) in [5, 5.41) is 0. The van der Waals surface area contributed by atoms with Crippen LogP contribution in [0.2, 0.25) is 0 Å². The van der Waals surface area contributed by atoms with Crippen molar-refractivity contribution in [1.29, 1.82) is 0 Å². The van der Waals surface area contributed by atoms with Crippen LogP contribution < -0.4 is 9.46 Å². The Morgan fingerprint density at radius 1 is 1.14 bits per heavy atom. The monoisotopic (exact) mass is 426 g/mol. The number of amides is 1. The summed E-state index contributed by atoms with van der Waals surface area (Å²) in [6.45, 7) is 2.46. The number of sulfonamides is 1. The average Bonchev–Trinajstić information content (AvgIpc) is 2.61. The fourth-order valence-electron chi connectivity index (χ4n) is 2.70. The second kappa shape index (κ2) is 9.32. The van der Waals surface area contributed by atoms with Gasteiger partial charge in [-0.25, -0.2) is 13.1 Å². The highest BCUT2D eigenvalue weighted by Gasteiger charge is 2.21. The van der Waals surface area contributed by atoms with Gasteiger partial charge >= 0.3 is 6.61 Å². The van der Waals surface area contributed by atoms with Crippen LogP contribution in [0.1, 0.15) is 35.3 Å². The molecule has 0 aliphatic rings. The summed E-state index contributed by atoms with van der Waals surface area (Å²) in [6.07, 6.45) is 0. The number of benzene rings is 2. The number of carbonyl (C=O) groups excluding carboxylic acids is 1. The van der Waals surface area contributed by atoms with Gasteiger partial charge in [0.1, 0.15) is 5.75 Å². The SMILES string of the molecule is Cc1ccc(S(=O)(=O)NC(C)C)cc1C(=O)N(C)Cc1ccc(OC(F)F)cc1. The first-order valence-corrected chi connectivity index (χ1v) is 10.4. The lowest BCUT2D eigenvalue weighted by molar-refractivity contribution is -0.0498. The molecule has 2 aromatic carbocycles. The van der Waals surface area contributed by atoms with Crippen LogP contribution in [0.15, 0.2) is 47.4 Å². The van der Waals surface area contributed by atoms with Gasteiger partial charge in [0.2, 0.25) is 10.0 Å². The normalized spacial score (nSPS) is 11.7. The summed E-state index contributed by atoms with van der Waals surface area (Å²) < 4.78 is 56.0. The third-order valence-corrected chi connectivity index (χ3v) is 5.71. The van der Waals surface area contributed by atoms with E-state index in [1.807, 2.05) is 0 Å². The molecule has 1 amide bonds. The Balaban J connectivity index is 2.19. The molecule has 0 aromatic heterocycles. The number of rotatable bonds is 8. The molecular weight excluding hydrogens is 402 g/mol. The quantitative estimate of drug-likeness (QED) is 0.700. The topological polar surface area (TPSA) is 75.7 Å². The maximum atomic E-state index is 12.9. The molecular formula is C20H24F2N2O4S. The smallest absolute Gasteiger partial charge is 0.387 e. The van der Waals surface area contributed by atoms with Crippen molar-refractivity contribution in [3.63, 3.8) is 0 Å². The van der Waals surface area contributed by atoms with Gasteiger partial charge in [-0.2, -0.15) is 8.78 Å². The molecule has 0 spiro atoms. The molecule has 2 aromatic rings. The van der Waals surface area contributed by atoms with Crippen molar-refractivity contribution in [2.75, 3.05) is 7.05 Å². The molecule has 0 atom stereocenters. The first-order valence-electron chi connectivity index (χ1n) is 8.92. The highest BCUT2D eigenvalue weighted by atomic mass is 32.2. The highest BCUT2D eigenvalue weighted by molar-refractivity contribution is 7.89. The number of carbonyl (C=O) groups is 1. The fraction of sp³-hybridized carbons (Fsp3) is 0.350. The summed E-state index contributed by atoms with van der Waals surface area (Å²) in [5.74, 6) is -0.318. The number of nitrogens with one attached hydrogen (secondary N) is 1. The summed E-state index contributed by atoms with van der Waals surface area (Å²) in [7, 11) is -2.15. The number of aryl methyl sites for hydroxylation is 1. The van der Waals surface area contributed by atoms with E-state index in [0.29, 0.717) is 11.1 Å². The third-order valence-electron chi connectivity index (χ3n) is 4.06. The summed E-state index contributed by atoms with van der Waals surface area (Å²) in [5.41, 5.74) is 1.63. The van der Waals surface area contributed by atoms with Crippen LogP contribution in [-0.4, -0.2) is 38.9 Å². The van der Waals surface area contributed by atoms with Gasteiger partial charge in [-0.05, 0) is 56.2 Å². The summed E-state index contributed by atoms with van der Waals surface area (Å²) in [6, 6.07) is 10.1. The van der Waals surface area contributed by atoms with Crippen LogP contribution in [0.3, 0.4) is 0 Å². The lowest BCUT2D eigenvalue weighted by atomic mass is 10.1. The Kier molecular flexibility index (Phi) is 7.32. The molecule has 2 rings (SSSR count). The van der Waals surface area contributed by atoms with Crippen LogP contribution in [-0.2, 0) is 16.6 Å². The highest BCUT2D eigenvalue weighted by Crippen LogP contribution is 2.20. The Hall–Kier alpha value is -2.52. The van der Waals surface area contributed by atoms with E-state index in [0.717, 1.165) is 0 Å². The van der Waals surface area contributed by atoms with Gasteiger partial charge in [0.15, 0.2) is 0 Å². The van der Waals surface area contributed by atoms with Gasteiger partial charge in [0.25, 0.3) is 5.91 Å². The van der Waals surface area contributed by atoms with Crippen LogP contribution in [0, 0.1) is 6.92 Å². The number of ether oxygens (including phenoxy) is 1. The molecule has 0 aliphatic heterocycles. The number of hydrogen-bond donors (Lipinski definition) is 1. The molecule has 1 N–H and O–H groups in total. The van der Waals surface area contributed by atoms with Crippen molar-refractivity contribution >= 4 is 15.9 Å². The second-order valence-corrected chi connectivity index (χ2v) is 8.65. The van der Waals surface area contributed by atoms with E-state index in [2.05, 4.69) is 9.46 Å². The van der Waals surface area contributed by atoms with E-state index in [1.165, 1.54) is 29.2 Å². The molecule has 9 heteroatoms. The first kappa shape index (κ1) is 22.8. The van der Waals surface area contributed by atoms with E-state index in [-0.39, 0.29) is 34.7 Å². The molecule has 6 nitrogen and oxygen atoms in total. The van der Waals surface area contributed by atoms with Crippen molar-refractivity contribution in [1.82, 2.24) is 9.62 Å². The maximum absolute atomic E-state index is 12.9. The molecule has 158 valence electrons. The van der Waals surface area contributed by atoms with Gasteiger partial charge < -0.3 is 9.64 Å². The average molecular weight is 426 g/mol. The molecule has 29 heavy (non-hydrogen) atoms. The van der Waals surface area contributed by atoms with Gasteiger partial charge in [0, 0.05) is 25.2 Å². The number of hydrogen-bond acceptors (Lipinski definition) is 4. The van der Waals surface area contributed by atoms with E-state index in [9.17, 15) is 22.0 Å². The standard InChI is InChI=1S/C20H24F2N2O4S/c1-13(2)23-29(26,27)17-10-5-14(3)18(11-17)19(25)24(4)12-15-6-8-16(9-7-15)28-20(21)22/h5-11,13,20,23H,12H2,1-4H3. The second-order valence-electron chi connectivity index (χ2n) is 6.94. The van der Waals surface area contributed by atoms with E-state index < -0.39 is 16.6 Å². The molecule has 0 saturated heterocycles. The maximum Gasteiger partial charge on any atom is 0.387 e. The Morgan fingerprint density at radius 2 is 1.76 bits per heavy atom. The van der Waals surface area contributed by atoms with Gasteiger partial charge in [0.05, 0.1) is 4.90 Å². The fourth-order valence-corrected chi connectivity index (χ4v) is 3.98. The van der Waals surface area contributed by atoms with Crippen molar-refractivity contribution in [3.05, 3.63) is 59.2 Å². The predicted octanol–water partition coefficient (Wildman–Crippen LogP) is 3.56. The molecule has 0 unspecified atom stereocenters. The minimum atomic E-state index is -3.73. The minimum Gasteiger partial charge on any atom is -0.435 e. The van der Waals surface area contributed by atoms with Gasteiger partial charge in [-0.1, -0.05) is 18.2 Å². The summed E-state index contributed by atoms with van der Waals surface area (Å²) >= 11 is 0. The zero-order chi connectivity index (χ0) is 21.8.